The van der Waals surface area contributed by atoms with Crippen LogP contribution >= 0.6 is 0 Å². The van der Waals surface area contributed by atoms with Crippen LogP contribution in [0.2, 0.25) is 0 Å². The highest BCUT2D eigenvalue weighted by atomic mass is 16.6. The molecule has 0 amide bonds. The molecule has 6 nitrogen and oxygen atoms in total. The normalized spacial score (nSPS) is 13.3. The molecular formula is C14H24O6. The van der Waals surface area contributed by atoms with Crippen molar-refractivity contribution < 1.29 is 29.0 Å². The Morgan fingerprint density at radius 1 is 0.950 bits per heavy atom. The second-order valence-electron chi connectivity index (χ2n) is 4.71. The lowest BCUT2D eigenvalue weighted by atomic mass is 10.1. The van der Waals surface area contributed by atoms with Crippen LogP contribution in [0.4, 0.5) is 0 Å². The molecule has 2 unspecified atom stereocenters. The summed E-state index contributed by atoms with van der Waals surface area (Å²) in [5, 5.41) is 8.60. The van der Waals surface area contributed by atoms with E-state index >= 15 is 0 Å². The van der Waals surface area contributed by atoms with Crippen molar-refractivity contribution in [3.05, 3.63) is 0 Å². The lowest BCUT2D eigenvalue weighted by Gasteiger charge is -2.14. The summed E-state index contributed by atoms with van der Waals surface area (Å²) in [5.74, 6) is -2.55. The zero-order valence-corrected chi connectivity index (χ0v) is 12.4. The molecule has 0 heterocycles. The summed E-state index contributed by atoms with van der Waals surface area (Å²) in [4.78, 5) is 33.4. The molecule has 0 rings (SSSR count). The first-order chi connectivity index (χ1) is 9.38. The molecule has 0 aromatic rings. The topological polar surface area (TPSA) is 89.9 Å². The molecule has 0 spiro atoms. The number of unbranched alkanes of at least 4 members (excludes halogenated alkanes) is 4. The summed E-state index contributed by atoms with van der Waals surface area (Å²) in [6.07, 6.45) is 2.97. The maximum absolute atomic E-state index is 11.5. The smallest absolute Gasteiger partial charge is 0.347 e. The van der Waals surface area contributed by atoms with Crippen LogP contribution in [0.5, 0.6) is 0 Å². The molecule has 0 aromatic heterocycles. The second-order valence-corrected chi connectivity index (χ2v) is 4.71. The summed E-state index contributed by atoms with van der Waals surface area (Å²) >= 11 is 0. The number of hydrogen-bond acceptors (Lipinski definition) is 5. The fourth-order valence-corrected chi connectivity index (χ4v) is 1.50. The summed E-state index contributed by atoms with van der Waals surface area (Å²) < 4.78 is 9.51. The molecule has 0 saturated heterocycles. The van der Waals surface area contributed by atoms with Gasteiger partial charge in [-0.25, -0.2) is 9.59 Å². The van der Waals surface area contributed by atoms with Gasteiger partial charge in [0.15, 0.2) is 12.2 Å². The van der Waals surface area contributed by atoms with Crippen LogP contribution in [0, 0.1) is 0 Å². The Labute approximate surface area is 119 Å². The van der Waals surface area contributed by atoms with Gasteiger partial charge in [-0.05, 0) is 20.3 Å². The molecule has 0 aliphatic rings. The molecular weight excluding hydrogens is 264 g/mol. The second kappa shape index (κ2) is 10.2. The minimum atomic E-state index is -1.25. The number of carboxylic acids is 1. The highest BCUT2D eigenvalue weighted by molar-refractivity contribution is 5.82. The Morgan fingerprint density at radius 3 is 2.10 bits per heavy atom. The standard InChI is InChI=1S/C14H24O6/c1-4-5-6-7-8-9-12(15)19-11(3)14(18)20-10(2)13(16)17/h10-11H,4-9H2,1-3H3,(H,16,17). The van der Waals surface area contributed by atoms with E-state index in [4.69, 9.17) is 9.84 Å². The minimum Gasteiger partial charge on any atom is -0.479 e. The molecule has 0 aromatic carbocycles. The van der Waals surface area contributed by atoms with Gasteiger partial charge in [0, 0.05) is 6.42 Å². The van der Waals surface area contributed by atoms with Crippen molar-refractivity contribution in [1.29, 1.82) is 0 Å². The summed E-state index contributed by atoms with van der Waals surface area (Å²) in [6, 6.07) is 0. The Hall–Kier alpha value is -1.59. The highest BCUT2D eigenvalue weighted by Crippen LogP contribution is 2.07. The maximum Gasteiger partial charge on any atom is 0.347 e. The van der Waals surface area contributed by atoms with Crippen LogP contribution < -0.4 is 0 Å². The number of carbonyl (C=O) groups is 3. The van der Waals surface area contributed by atoms with E-state index in [2.05, 4.69) is 11.7 Å². The Balaban J connectivity index is 3.88. The van der Waals surface area contributed by atoms with Crippen molar-refractivity contribution in [2.75, 3.05) is 0 Å². The fraction of sp³-hybridized carbons (Fsp3) is 0.786. The van der Waals surface area contributed by atoms with Crippen LogP contribution in [-0.2, 0) is 23.9 Å². The van der Waals surface area contributed by atoms with Crippen molar-refractivity contribution in [3.8, 4) is 0 Å². The van der Waals surface area contributed by atoms with Gasteiger partial charge in [-0.2, -0.15) is 0 Å². The number of carboxylic acid groups (broad SMARTS) is 1. The van der Waals surface area contributed by atoms with Gasteiger partial charge in [0.2, 0.25) is 0 Å². The van der Waals surface area contributed by atoms with E-state index < -0.39 is 30.1 Å². The quantitative estimate of drug-likeness (QED) is 0.490. The number of carbonyl (C=O) groups excluding carboxylic acids is 2. The van der Waals surface area contributed by atoms with Crippen molar-refractivity contribution in [2.24, 2.45) is 0 Å². The third-order valence-electron chi connectivity index (χ3n) is 2.77. The Kier molecular flexibility index (Phi) is 9.41. The van der Waals surface area contributed by atoms with Crippen LogP contribution in [0.25, 0.3) is 0 Å². The van der Waals surface area contributed by atoms with E-state index in [1.54, 1.807) is 0 Å². The predicted octanol–water partition coefficient (Wildman–Crippen LogP) is 2.29. The molecule has 116 valence electrons. The number of hydrogen-bond donors (Lipinski definition) is 1. The molecule has 2 atom stereocenters. The van der Waals surface area contributed by atoms with Gasteiger partial charge in [0.05, 0.1) is 0 Å². The van der Waals surface area contributed by atoms with Gasteiger partial charge in [0.1, 0.15) is 0 Å². The van der Waals surface area contributed by atoms with Crippen molar-refractivity contribution in [1.82, 2.24) is 0 Å². The lowest BCUT2D eigenvalue weighted by molar-refractivity contribution is -0.174. The van der Waals surface area contributed by atoms with E-state index in [0.717, 1.165) is 32.1 Å². The molecule has 6 heteroatoms. The molecule has 0 aliphatic carbocycles. The molecule has 0 radical (unpaired) electrons. The van der Waals surface area contributed by atoms with Crippen molar-refractivity contribution in [2.45, 2.75) is 71.5 Å². The third kappa shape index (κ3) is 8.50. The van der Waals surface area contributed by atoms with Crippen molar-refractivity contribution in [3.63, 3.8) is 0 Å². The van der Waals surface area contributed by atoms with Crippen LogP contribution in [0.3, 0.4) is 0 Å². The van der Waals surface area contributed by atoms with Gasteiger partial charge in [-0.15, -0.1) is 0 Å². The van der Waals surface area contributed by atoms with Gasteiger partial charge < -0.3 is 14.6 Å². The average Bonchev–Trinajstić information content (AvgIpc) is 2.38. The number of aliphatic carboxylic acids is 1. The third-order valence-corrected chi connectivity index (χ3v) is 2.77. The molecule has 1 N–H and O–H groups in total. The first-order valence-corrected chi connectivity index (χ1v) is 7.01. The zero-order valence-electron chi connectivity index (χ0n) is 12.4. The SMILES string of the molecule is CCCCCCCC(=O)OC(C)C(=O)OC(C)C(=O)O. The Morgan fingerprint density at radius 2 is 1.55 bits per heavy atom. The molecule has 0 bridgehead atoms. The summed E-state index contributed by atoms with van der Waals surface area (Å²) in [6.45, 7) is 4.72. The van der Waals surface area contributed by atoms with Gasteiger partial charge >= 0.3 is 17.9 Å². The monoisotopic (exact) mass is 288 g/mol. The molecule has 0 aliphatic heterocycles. The molecule has 0 saturated carbocycles. The summed E-state index contributed by atoms with van der Waals surface area (Å²) in [7, 11) is 0. The summed E-state index contributed by atoms with van der Waals surface area (Å²) in [5.41, 5.74) is 0. The Bertz CT molecular complexity index is 326. The van der Waals surface area contributed by atoms with Crippen LogP contribution in [-0.4, -0.2) is 35.2 Å². The first-order valence-electron chi connectivity index (χ1n) is 7.01. The van der Waals surface area contributed by atoms with Gasteiger partial charge in [0.25, 0.3) is 0 Å². The fourth-order valence-electron chi connectivity index (χ4n) is 1.50. The van der Waals surface area contributed by atoms with Gasteiger partial charge in [-0.3, -0.25) is 4.79 Å². The molecule has 0 fully saturated rings. The molecule has 20 heavy (non-hydrogen) atoms. The largest absolute Gasteiger partial charge is 0.479 e. The van der Waals surface area contributed by atoms with E-state index in [-0.39, 0.29) is 6.42 Å². The highest BCUT2D eigenvalue weighted by Gasteiger charge is 2.23. The number of ether oxygens (including phenoxy) is 2. The maximum atomic E-state index is 11.5. The zero-order chi connectivity index (χ0) is 15.5. The van der Waals surface area contributed by atoms with Crippen LogP contribution in [0.15, 0.2) is 0 Å². The van der Waals surface area contributed by atoms with Crippen molar-refractivity contribution >= 4 is 17.9 Å². The van der Waals surface area contributed by atoms with Crippen LogP contribution in [0.1, 0.15) is 59.3 Å². The first kappa shape index (κ1) is 18.4. The minimum absolute atomic E-state index is 0.260. The number of rotatable bonds is 10. The van der Waals surface area contributed by atoms with Gasteiger partial charge in [-0.1, -0.05) is 32.6 Å². The van der Waals surface area contributed by atoms with E-state index in [9.17, 15) is 14.4 Å². The number of esters is 2. The predicted molar refractivity (Wildman–Crippen MR) is 72.1 cm³/mol. The van der Waals surface area contributed by atoms with E-state index in [1.807, 2.05) is 0 Å². The van der Waals surface area contributed by atoms with E-state index in [1.165, 1.54) is 13.8 Å². The van der Waals surface area contributed by atoms with E-state index in [0.29, 0.717) is 0 Å². The average molecular weight is 288 g/mol. The lowest BCUT2D eigenvalue weighted by Crippen LogP contribution is -2.32.